The first kappa shape index (κ1) is 21.9. The molecule has 0 heterocycles. The van der Waals surface area contributed by atoms with Crippen LogP contribution in [0, 0.1) is 0 Å². The Labute approximate surface area is 167 Å². The second-order valence-corrected chi connectivity index (χ2v) is 10.1. The average molecular weight is 385 g/mol. The van der Waals surface area contributed by atoms with Gasteiger partial charge in [-0.15, -0.1) is 0 Å². The van der Waals surface area contributed by atoms with Crippen molar-refractivity contribution in [1.29, 1.82) is 0 Å². The van der Waals surface area contributed by atoms with Crippen molar-refractivity contribution in [3.63, 3.8) is 0 Å². The predicted molar refractivity (Wildman–Crippen MR) is 118 cm³/mol. The zero-order valence-corrected chi connectivity index (χ0v) is 18.5. The molecule has 0 spiro atoms. The molecule has 0 fully saturated rings. The van der Waals surface area contributed by atoms with Gasteiger partial charge in [-0.2, -0.15) is 0 Å². The standard InChI is InChI=1S/C24H36O2Si/c1-5-15-21(7-3)25-27(23-17-11-9-12-18-23,24-19-13-10-14-20-24)26-22(8-4)16-6-2/h9-14,17-22H,5-8,15-16H2,1-4H3. The Morgan fingerprint density at radius 3 is 1.30 bits per heavy atom. The van der Waals surface area contributed by atoms with Crippen LogP contribution in [-0.4, -0.2) is 20.8 Å². The molecule has 0 aliphatic heterocycles. The smallest absolute Gasteiger partial charge is 0.385 e. The van der Waals surface area contributed by atoms with Gasteiger partial charge in [0.1, 0.15) is 0 Å². The molecular formula is C24H36O2Si. The van der Waals surface area contributed by atoms with Crippen LogP contribution in [0.15, 0.2) is 60.7 Å². The van der Waals surface area contributed by atoms with E-state index in [0.29, 0.717) is 0 Å². The molecule has 0 saturated heterocycles. The molecule has 27 heavy (non-hydrogen) atoms. The Morgan fingerprint density at radius 2 is 1.00 bits per heavy atom. The molecule has 0 aliphatic carbocycles. The monoisotopic (exact) mass is 384 g/mol. The Balaban J connectivity index is 2.57. The van der Waals surface area contributed by atoms with Crippen molar-refractivity contribution in [3.05, 3.63) is 60.7 Å². The second-order valence-electron chi connectivity index (χ2n) is 7.22. The molecule has 0 bridgehead atoms. The average Bonchev–Trinajstić information content (AvgIpc) is 2.73. The van der Waals surface area contributed by atoms with Crippen molar-refractivity contribution in [2.24, 2.45) is 0 Å². The van der Waals surface area contributed by atoms with Crippen LogP contribution in [0.2, 0.25) is 0 Å². The molecule has 2 unspecified atom stereocenters. The van der Waals surface area contributed by atoms with Crippen LogP contribution in [-0.2, 0) is 8.85 Å². The molecule has 0 radical (unpaired) electrons. The molecule has 0 saturated carbocycles. The fourth-order valence-corrected chi connectivity index (χ4v) is 7.29. The summed E-state index contributed by atoms with van der Waals surface area (Å²) < 4.78 is 14.0. The summed E-state index contributed by atoms with van der Waals surface area (Å²) in [7, 11) is -2.79. The molecule has 148 valence electrons. The normalized spacial score (nSPS) is 14.1. The van der Waals surface area contributed by atoms with Crippen LogP contribution in [0.5, 0.6) is 0 Å². The largest absolute Gasteiger partial charge is 0.407 e. The molecule has 0 aromatic heterocycles. The predicted octanol–water partition coefficient (Wildman–Crippen LogP) is 5.43. The fraction of sp³-hybridized carbons (Fsp3) is 0.500. The third kappa shape index (κ3) is 5.77. The molecule has 0 aliphatic rings. The summed E-state index contributed by atoms with van der Waals surface area (Å²) in [5.41, 5.74) is 0. The van der Waals surface area contributed by atoms with E-state index in [2.05, 4.69) is 88.4 Å². The van der Waals surface area contributed by atoms with E-state index in [9.17, 15) is 0 Å². The van der Waals surface area contributed by atoms with Crippen molar-refractivity contribution in [3.8, 4) is 0 Å². The van der Waals surface area contributed by atoms with Gasteiger partial charge in [0, 0.05) is 12.2 Å². The molecule has 2 nitrogen and oxygen atoms in total. The maximum absolute atomic E-state index is 7.00. The molecule has 2 aromatic rings. The summed E-state index contributed by atoms with van der Waals surface area (Å²) in [6.45, 7) is 8.90. The summed E-state index contributed by atoms with van der Waals surface area (Å²) in [5, 5.41) is 2.42. The molecule has 0 amide bonds. The minimum absolute atomic E-state index is 0.223. The van der Waals surface area contributed by atoms with Crippen LogP contribution >= 0.6 is 0 Å². The molecule has 2 rings (SSSR count). The van der Waals surface area contributed by atoms with Crippen LogP contribution in [0.3, 0.4) is 0 Å². The SMILES string of the molecule is CCCC(CC)O[Si](OC(CC)CCC)(c1ccccc1)c1ccccc1. The van der Waals surface area contributed by atoms with E-state index >= 15 is 0 Å². The fourth-order valence-electron chi connectivity index (χ4n) is 3.59. The van der Waals surface area contributed by atoms with E-state index in [1.807, 2.05) is 0 Å². The van der Waals surface area contributed by atoms with Crippen molar-refractivity contribution < 1.29 is 8.85 Å². The molecule has 0 N–H and O–H groups in total. The van der Waals surface area contributed by atoms with Gasteiger partial charge < -0.3 is 8.85 Å². The van der Waals surface area contributed by atoms with Gasteiger partial charge in [-0.1, -0.05) is 101 Å². The first-order valence-electron chi connectivity index (χ1n) is 10.7. The van der Waals surface area contributed by atoms with Gasteiger partial charge in [0.25, 0.3) is 0 Å². The zero-order valence-electron chi connectivity index (χ0n) is 17.5. The number of rotatable bonds is 12. The van der Waals surface area contributed by atoms with Crippen LogP contribution in [0.1, 0.15) is 66.2 Å². The quantitative estimate of drug-likeness (QED) is 0.454. The Bertz CT molecular complexity index is 572. The second kappa shape index (κ2) is 11.4. The lowest BCUT2D eigenvalue weighted by atomic mass is 10.2. The van der Waals surface area contributed by atoms with Crippen molar-refractivity contribution in [1.82, 2.24) is 0 Å². The molecule has 2 aromatic carbocycles. The summed E-state index contributed by atoms with van der Waals surface area (Å²) in [5.74, 6) is 0. The lowest BCUT2D eigenvalue weighted by molar-refractivity contribution is 0.0821. The number of benzene rings is 2. The van der Waals surface area contributed by atoms with Crippen LogP contribution in [0.25, 0.3) is 0 Å². The van der Waals surface area contributed by atoms with Gasteiger partial charge in [-0.25, -0.2) is 0 Å². The summed E-state index contributed by atoms with van der Waals surface area (Å²) in [4.78, 5) is 0. The summed E-state index contributed by atoms with van der Waals surface area (Å²) in [6.07, 6.45) is 6.85. The Kier molecular flexibility index (Phi) is 9.26. The minimum Gasteiger partial charge on any atom is -0.385 e. The highest BCUT2D eigenvalue weighted by molar-refractivity contribution is 6.92. The van der Waals surface area contributed by atoms with Gasteiger partial charge in [-0.05, 0) is 36.1 Å². The lowest BCUT2D eigenvalue weighted by Gasteiger charge is -2.37. The summed E-state index contributed by atoms with van der Waals surface area (Å²) in [6, 6.07) is 21.3. The van der Waals surface area contributed by atoms with E-state index in [0.717, 1.165) is 38.5 Å². The van der Waals surface area contributed by atoms with Crippen molar-refractivity contribution >= 4 is 18.9 Å². The van der Waals surface area contributed by atoms with E-state index in [1.165, 1.54) is 10.4 Å². The number of hydrogen-bond acceptors (Lipinski definition) is 2. The van der Waals surface area contributed by atoms with Gasteiger partial charge in [0.05, 0.1) is 0 Å². The summed E-state index contributed by atoms with van der Waals surface area (Å²) >= 11 is 0. The van der Waals surface area contributed by atoms with E-state index in [1.54, 1.807) is 0 Å². The lowest BCUT2D eigenvalue weighted by Crippen LogP contribution is -2.66. The highest BCUT2D eigenvalue weighted by atomic mass is 28.4. The minimum atomic E-state index is -2.79. The van der Waals surface area contributed by atoms with Crippen LogP contribution < -0.4 is 10.4 Å². The van der Waals surface area contributed by atoms with Crippen LogP contribution in [0.4, 0.5) is 0 Å². The Morgan fingerprint density at radius 1 is 0.630 bits per heavy atom. The van der Waals surface area contributed by atoms with E-state index < -0.39 is 8.56 Å². The first-order chi connectivity index (χ1) is 13.2. The van der Waals surface area contributed by atoms with Gasteiger partial charge in [0.15, 0.2) is 0 Å². The van der Waals surface area contributed by atoms with Gasteiger partial charge in [-0.3, -0.25) is 0 Å². The number of hydrogen-bond donors (Lipinski definition) is 0. The molecular weight excluding hydrogens is 348 g/mol. The van der Waals surface area contributed by atoms with Gasteiger partial charge in [0.2, 0.25) is 0 Å². The molecule has 2 atom stereocenters. The highest BCUT2D eigenvalue weighted by Crippen LogP contribution is 2.21. The third-order valence-corrected chi connectivity index (χ3v) is 8.62. The van der Waals surface area contributed by atoms with Gasteiger partial charge >= 0.3 is 8.56 Å². The van der Waals surface area contributed by atoms with Crippen molar-refractivity contribution in [2.45, 2.75) is 78.4 Å². The van der Waals surface area contributed by atoms with Crippen molar-refractivity contribution in [2.75, 3.05) is 0 Å². The third-order valence-electron chi connectivity index (χ3n) is 5.10. The molecule has 3 heteroatoms. The topological polar surface area (TPSA) is 18.5 Å². The first-order valence-corrected chi connectivity index (χ1v) is 12.5. The Hall–Kier alpha value is -1.42. The van der Waals surface area contributed by atoms with E-state index in [4.69, 9.17) is 8.85 Å². The maximum atomic E-state index is 7.00. The highest BCUT2D eigenvalue weighted by Gasteiger charge is 2.45. The van der Waals surface area contributed by atoms with E-state index in [-0.39, 0.29) is 12.2 Å². The maximum Gasteiger partial charge on any atom is 0.407 e. The zero-order chi connectivity index (χ0) is 19.5.